The number of halogens is 5. The molecule has 0 aliphatic heterocycles. The Hall–Kier alpha value is -0.590. The standard InChI is InChI=1S/C19H18Br2Cl3NO2/c20-18(21)7-10-26-15-11-16(23)19(17(24)12-15)27-9-2-1-8-25-14-5-3-13(22)4-6-14/h3-7,11-12,25H,1-2,8-10H2. The van der Waals surface area contributed by atoms with Crippen molar-refractivity contribution in [3.63, 3.8) is 0 Å². The summed E-state index contributed by atoms with van der Waals surface area (Å²) in [7, 11) is 0. The molecule has 0 saturated carbocycles. The van der Waals surface area contributed by atoms with Crippen LogP contribution in [0.3, 0.4) is 0 Å². The van der Waals surface area contributed by atoms with E-state index in [-0.39, 0.29) is 0 Å². The fraction of sp³-hybridized carbons (Fsp3) is 0.263. The van der Waals surface area contributed by atoms with Crippen molar-refractivity contribution >= 4 is 72.4 Å². The second-order valence-electron chi connectivity index (χ2n) is 5.51. The number of nitrogens with one attached hydrogen (secondary N) is 1. The Balaban J connectivity index is 1.73. The highest BCUT2D eigenvalue weighted by Crippen LogP contribution is 2.37. The molecule has 0 heterocycles. The summed E-state index contributed by atoms with van der Waals surface area (Å²) < 4.78 is 12.1. The highest BCUT2D eigenvalue weighted by atomic mass is 79.9. The Morgan fingerprint density at radius 1 is 0.963 bits per heavy atom. The van der Waals surface area contributed by atoms with Gasteiger partial charge in [-0.05, 0) is 75.0 Å². The van der Waals surface area contributed by atoms with E-state index < -0.39 is 0 Å². The lowest BCUT2D eigenvalue weighted by Gasteiger charge is -2.12. The minimum atomic E-state index is 0.388. The zero-order valence-corrected chi connectivity index (χ0v) is 19.7. The molecule has 0 aliphatic carbocycles. The van der Waals surface area contributed by atoms with Crippen molar-refractivity contribution in [2.75, 3.05) is 25.1 Å². The molecule has 0 unspecified atom stereocenters. The fourth-order valence-electron chi connectivity index (χ4n) is 2.16. The Bertz CT molecular complexity index is 743. The molecule has 0 saturated heterocycles. The summed E-state index contributed by atoms with van der Waals surface area (Å²) >= 11 is 24.9. The normalized spacial score (nSPS) is 10.4. The zero-order chi connectivity index (χ0) is 19.6. The molecular weight excluding hydrogens is 540 g/mol. The summed E-state index contributed by atoms with van der Waals surface area (Å²) in [5.41, 5.74) is 1.05. The third kappa shape index (κ3) is 8.53. The molecule has 27 heavy (non-hydrogen) atoms. The Kier molecular flexibility index (Phi) is 10.2. The molecule has 0 aromatic heterocycles. The SMILES string of the molecule is Clc1ccc(NCCCCOc2c(Cl)cc(OCC=C(Br)Br)cc2Cl)cc1. The van der Waals surface area contributed by atoms with Crippen molar-refractivity contribution in [2.45, 2.75) is 12.8 Å². The van der Waals surface area contributed by atoms with Crippen LogP contribution >= 0.6 is 66.7 Å². The molecule has 0 amide bonds. The molecule has 2 rings (SSSR count). The van der Waals surface area contributed by atoms with Crippen LogP contribution in [-0.2, 0) is 0 Å². The van der Waals surface area contributed by atoms with Crippen LogP contribution in [0.25, 0.3) is 0 Å². The summed E-state index contributed by atoms with van der Waals surface area (Å²) in [5, 5.41) is 4.92. The molecule has 0 fully saturated rings. The maximum Gasteiger partial charge on any atom is 0.156 e. The van der Waals surface area contributed by atoms with Gasteiger partial charge in [-0.15, -0.1) is 0 Å². The van der Waals surface area contributed by atoms with Crippen LogP contribution in [0.2, 0.25) is 15.1 Å². The Morgan fingerprint density at radius 3 is 2.26 bits per heavy atom. The second-order valence-corrected chi connectivity index (χ2v) is 9.53. The van der Waals surface area contributed by atoms with Gasteiger partial charge in [-0.25, -0.2) is 0 Å². The van der Waals surface area contributed by atoms with E-state index in [1.807, 2.05) is 30.3 Å². The van der Waals surface area contributed by atoms with Crippen molar-refractivity contribution < 1.29 is 9.47 Å². The molecule has 0 spiro atoms. The van der Waals surface area contributed by atoms with Gasteiger partial charge in [0, 0.05) is 29.4 Å². The fourth-order valence-corrected chi connectivity index (χ4v) is 3.13. The molecule has 0 atom stereocenters. The summed E-state index contributed by atoms with van der Waals surface area (Å²) in [6, 6.07) is 11.0. The Morgan fingerprint density at radius 2 is 1.63 bits per heavy atom. The van der Waals surface area contributed by atoms with E-state index in [9.17, 15) is 0 Å². The van der Waals surface area contributed by atoms with Gasteiger partial charge < -0.3 is 14.8 Å². The monoisotopic (exact) mass is 555 g/mol. The summed E-state index contributed by atoms with van der Waals surface area (Å²) in [6.07, 6.45) is 3.65. The predicted molar refractivity (Wildman–Crippen MR) is 123 cm³/mol. The largest absolute Gasteiger partial charge is 0.490 e. The van der Waals surface area contributed by atoms with Crippen molar-refractivity contribution in [3.8, 4) is 11.5 Å². The number of hydrogen-bond acceptors (Lipinski definition) is 3. The van der Waals surface area contributed by atoms with Crippen LogP contribution < -0.4 is 14.8 Å². The predicted octanol–water partition coefficient (Wildman–Crippen LogP) is 7.93. The molecule has 0 aliphatic rings. The van der Waals surface area contributed by atoms with E-state index >= 15 is 0 Å². The van der Waals surface area contributed by atoms with Crippen molar-refractivity contribution in [1.82, 2.24) is 0 Å². The van der Waals surface area contributed by atoms with Crippen LogP contribution in [-0.4, -0.2) is 19.8 Å². The molecule has 2 aromatic rings. The van der Waals surface area contributed by atoms with Crippen molar-refractivity contribution in [1.29, 1.82) is 0 Å². The first-order valence-corrected chi connectivity index (χ1v) is 10.9. The zero-order valence-electron chi connectivity index (χ0n) is 14.3. The lowest BCUT2D eigenvalue weighted by atomic mass is 10.3. The average molecular weight is 559 g/mol. The first kappa shape index (κ1) is 22.7. The highest BCUT2D eigenvalue weighted by Gasteiger charge is 2.10. The highest BCUT2D eigenvalue weighted by molar-refractivity contribution is 9.28. The van der Waals surface area contributed by atoms with Gasteiger partial charge in [0.1, 0.15) is 12.4 Å². The molecule has 1 N–H and O–H groups in total. The molecule has 2 aromatic carbocycles. The van der Waals surface area contributed by atoms with E-state index in [1.54, 1.807) is 12.1 Å². The lowest BCUT2D eigenvalue weighted by molar-refractivity contribution is 0.307. The smallest absolute Gasteiger partial charge is 0.156 e. The van der Waals surface area contributed by atoms with Crippen LogP contribution in [0.1, 0.15) is 12.8 Å². The minimum absolute atomic E-state index is 0.388. The van der Waals surface area contributed by atoms with E-state index in [0.717, 1.165) is 33.5 Å². The molecular formula is C19H18Br2Cl3NO2. The van der Waals surface area contributed by atoms with Gasteiger partial charge in [0.05, 0.1) is 20.0 Å². The Labute approximate surface area is 191 Å². The second kappa shape index (κ2) is 12.1. The third-order valence-corrected chi connectivity index (χ3v) is 4.91. The summed E-state index contributed by atoms with van der Waals surface area (Å²) in [6.45, 7) is 1.76. The van der Waals surface area contributed by atoms with Crippen molar-refractivity contribution in [3.05, 3.63) is 60.9 Å². The number of anilines is 1. The number of hydrogen-bond donors (Lipinski definition) is 1. The van der Waals surface area contributed by atoms with E-state index in [4.69, 9.17) is 44.3 Å². The summed E-state index contributed by atoms with van der Waals surface area (Å²) in [5.74, 6) is 1.07. The van der Waals surface area contributed by atoms with E-state index in [2.05, 4.69) is 37.2 Å². The summed E-state index contributed by atoms with van der Waals surface area (Å²) in [4.78, 5) is 0. The van der Waals surface area contributed by atoms with E-state index in [0.29, 0.717) is 34.8 Å². The van der Waals surface area contributed by atoms with Crippen LogP contribution in [0, 0.1) is 0 Å². The maximum absolute atomic E-state index is 6.26. The van der Waals surface area contributed by atoms with Crippen LogP contribution in [0.5, 0.6) is 11.5 Å². The molecule has 3 nitrogen and oxygen atoms in total. The first-order chi connectivity index (χ1) is 13.0. The molecule has 0 radical (unpaired) electrons. The average Bonchev–Trinajstić information content (AvgIpc) is 2.61. The lowest BCUT2D eigenvalue weighted by Crippen LogP contribution is -2.05. The number of rotatable bonds is 10. The van der Waals surface area contributed by atoms with Gasteiger partial charge >= 0.3 is 0 Å². The van der Waals surface area contributed by atoms with Gasteiger partial charge in [-0.1, -0.05) is 34.8 Å². The number of unbranched alkanes of at least 4 members (excludes halogenated alkanes) is 1. The van der Waals surface area contributed by atoms with Crippen molar-refractivity contribution in [2.24, 2.45) is 0 Å². The first-order valence-electron chi connectivity index (χ1n) is 8.21. The van der Waals surface area contributed by atoms with Gasteiger partial charge in [0.25, 0.3) is 0 Å². The molecule has 146 valence electrons. The molecule has 8 heteroatoms. The van der Waals surface area contributed by atoms with Gasteiger partial charge in [-0.2, -0.15) is 0 Å². The van der Waals surface area contributed by atoms with E-state index in [1.165, 1.54) is 0 Å². The van der Waals surface area contributed by atoms with Crippen LogP contribution in [0.4, 0.5) is 5.69 Å². The number of benzene rings is 2. The quantitative estimate of drug-likeness (QED) is 0.301. The molecule has 0 bridgehead atoms. The minimum Gasteiger partial charge on any atom is -0.490 e. The topological polar surface area (TPSA) is 30.5 Å². The maximum atomic E-state index is 6.26. The number of ether oxygens (including phenoxy) is 2. The van der Waals surface area contributed by atoms with Crippen LogP contribution in [0.15, 0.2) is 45.9 Å². The van der Waals surface area contributed by atoms with Gasteiger partial charge in [-0.3, -0.25) is 0 Å². The van der Waals surface area contributed by atoms with Gasteiger partial charge in [0.15, 0.2) is 5.75 Å². The third-order valence-electron chi connectivity index (χ3n) is 3.45. The van der Waals surface area contributed by atoms with Gasteiger partial charge in [0.2, 0.25) is 0 Å².